The van der Waals surface area contributed by atoms with Crippen LogP contribution < -0.4 is 4.90 Å². The molecule has 2 rings (SSSR count). The molecule has 0 radical (unpaired) electrons. The Morgan fingerprint density at radius 1 is 1.40 bits per heavy atom. The first kappa shape index (κ1) is 15.3. The highest BCUT2D eigenvalue weighted by atomic mass is 19.1. The summed E-state index contributed by atoms with van der Waals surface area (Å²) in [4.78, 5) is 4.57. The Labute approximate surface area is 121 Å². The molecule has 1 N–H and O–H groups in total. The predicted octanol–water partition coefficient (Wildman–Crippen LogP) is 2.80. The smallest absolute Gasteiger partial charge is 0.131 e. The summed E-state index contributed by atoms with van der Waals surface area (Å²) < 4.78 is 14.0. The number of piperidine rings is 1. The minimum Gasteiger partial charge on any atom is -0.389 e. The molecule has 0 bridgehead atoms. The Morgan fingerprint density at radius 2 is 2.05 bits per heavy atom. The lowest BCUT2D eigenvalue weighted by atomic mass is 10.00. The molecule has 1 aliphatic rings. The molecule has 0 amide bonds. The number of benzene rings is 1. The van der Waals surface area contributed by atoms with Gasteiger partial charge in [-0.3, -0.25) is 0 Å². The van der Waals surface area contributed by atoms with Crippen molar-refractivity contribution in [1.82, 2.24) is 4.90 Å². The molecule has 1 saturated heterocycles. The summed E-state index contributed by atoms with van der Waals surface area (Å²) >= 11 is 0. The van der Waals surface area contributed by atoms with Crippen LogP contribution in [-0.4, -0.2) is 42.7 Å². The molecule has 0 aromatic heterocycles. The SMILES string of the molecule is CCN1CCC(N(C)c2cccc(F)c2C(C)O)CC1. The lowest BCUT2D eigenvalue weighted by Crippen LogP contribution is -2.43. The van der Waals surface area contributed by atoms with Crippen LogP contribution in [0.4, 0.5) is 10.1 Å². The van der Waals surface area contributed by atoms with Crippen LogP contribution in [0.5, 0.6) is 0 Å². The van der Waals surface area contributed by atoms with E-state index in [1.165, 1.54) is 6.07 Å². The van der Waals surface area contributed by atoms with Crippen molar-refractivity contribution in [3.8, 4) is 0 Å². The van der Waals surface area contributed by atoms with Crippen LogP contribution in [0, 0.1) is 5.82 Å². The van der Waals surface area contributed by atoms with E-state index >= 15 is 0 Å². The van der Waals surface area contributed by atoms with Gasteiger partial charge >= 0.3 is 0 Å². The van der Waals surface area contributed by atoms with E-state index in [9.17, 15) is 9.50 Å². The fourth-order valence-electron chi connectivity index (χ4n) is 3.07. The van der Waals surface area contributed by atoms with Crippen LogP contribution in [-0.2, 0) is 0 Å². The second-order valence-corrected chi connectivity index (χ2v) is 5.62. The summed E-state index contributed by atoms with van der Waals surface area (Å²) in [7, 11) is 2.01. The van der Waals surface area contributed by atoms with Gasteiger partial charge in [0, 0.05) is 37.4 Å². The molecule has 112 valence electrons. The zero-order valence-electron chi connectivity index (χ0n) is 12.6. The van der Waals surface area contributed by atoms with E-state index < -0.39 is 6.10 Å². The van der Waals surface area contributed by atoms with E-state index in [4.69, 9.17) is 0 Å². The van der Waals surface area contributed by atoms with Crippen molar-refractivity contribution in [3.63, 3.8) is 0 Å². The molecule has 1 fully saturated rings. The third-order valence-electron chi connectivity index (χ3n) is 4.38. The summed E-state index contributed by atoms with van der Waals surface area (Å²) in [6.07, 6.45) is 1.38. The zero-order chi connectivity index (χ0) is 14.7. The van der Waals surface area contributed by atoms with E-state index in [-0.39, 0.29) is 5.82 Å². The van der Waals surface area contributed by atoms with Crippen molar-refractivity contribution in [2.45, 2.75) is 38.8 Å². The van der Waals surface area contributed by atoms with Crippen molar-refractivity contribution in [2.24, 2.45) is 0 Å². The third-order valence-corrected chi connectivity index (χ3v) is 4.38. The molecule has 1 aromatic rings. The highest BCUT2D eigenvalue weighted by molar-refractivity contribution is 5.55. The van der Waals surface area contributed by atoms with Crippen LogP contribution in [0.3, 0.4) is 0 Å². The molecule has 1 aliphatic heterocycles. The van der Waals surface area contributed by atoms with Crippen LogP contribution in [0.15, 0.2) is 18.2 Å². The molecule has 0 saturated carbocycles. The van der Waals surface area contributed by atoms with E-state index in [0.717, 1.165) is 38.2 Å². The molecule has 4 heteroatoms. The number of aliphatic hydroxyl groups excluding tert-OH is 1. The van der Waals surface area contributed by atoms with E-state index in [1.807, 2.05) is 13.1 Å². The zero-order valence-corrected chi connectivity index (χ0v) is 12.6. The number of rotatable bonds is 4. The second kappa shape index (κ2) is 6.55. The third kappa shape index (κ3) is 3.13. The Morgan fingerprint density at radius 3 is 2.60 bits per heavy atom. The Kier molecular flexibility index (Phi) is 5.00. The lowest BCUT2D eigenvalue weighted by molar-refractivity contribution is 0.193. The topological polar surface area (TPSA) is 26.7 Å². The van der Waals surface area contributed by atoms with Gasteiger partial charge in [0.1, 0.15) is 5.82 Å². The molecule has 1 atom stereocenters. The molecule has 3 nitrogen and oxygen atoms in total. The first-order chi connectivity index (χ1) is 9.54. The minimum atomic E-state index is -0.788. The van der Waals surface area contributed by atoms with Crippen LogP contribution in [0.2, 0.25) is 0 Å². The summed E-state index contributed by atoms with van der Waals surface area (Å²) in [5.41, 5.74) is 1.22. The van der Waals surface area contributed by atoms with Gasteiger partial charge in [0.25, 0.3) is 0 Å². The van der Waals surface area contributed by atoms with Gasteiger partial charge in [-0.05, 0) is 38.4 Å². The van der Waals surface area contributed by atoms with Gasteiger partial charge in [0.15, 0.2) is 0 Å². The molecular formula is C16H25FN2O. The number of nitrogens with zero attached hydrogens (tertiary/aromatic N) is 2. The van der Waals surface area contributed by atoms with Crippen molar-refractivity contribution in [1.29, 1.82) is 0 Å². The number of hydrogen-bond donors (Lipinski definition) is 1. The Bertz CT molecular complexity index is 442. The summed E-state index contributed by atoms with van der Waals surface area (Å²) in [6.45, 7) is 7.07. The van der Waals surface area contributed by atoms with Crippen molar-refractivity contribution >= 4 is 5.69 Å². The number of likely N-dealkylation sites (tertiary alicyclic amines) is 1. The average molecular weight is 280 g/mol. The van der Waals surface area contributed by atoms with E-state index in [1.54, 1.807) is 13.0 Å². The maximum Gasteiger partial charge on any atom is 0.131 e. The number of halogens is 1. The summed E-state index contributed by atoms with van der Waals surface area (Å²) in [5.74, 6) is -0.324. The molecule has 1 aromatic carbocycles. The van der Waals surface area contributed by atoms with Crippen LogP contribution >= 0.6 is 0 Å². The molecule has 0 aliphatic carbocycles. The maximum absolute atomic E-state index is 14.0. The quantitative estimate of drug-likeness (QED) is 0.918. The van der Waals surface area contributed by atoms with E-state index in [0.29, 0.717) is 11.6 Å². The van der Waals surface area contributed by atoms with Crippen molar-refractivity contribution in [3.05, 3.63) is 29.6 Å². The number of anilines is 1. The summed E-state index contributed by atoms with van der Waals surface area (Å²) in [5, 5.41) is 9.84. The van der Waals surface area contributed by atoms with Crippen LogP contribution in [0.25, 0.3) is 0 Å². The van der Waals surface area contributed by atoms with Gasteiger partial charge < -0.3 is 14.9 Å². The molecular weight excluding hydrogens is 255 g/mol. The molecule has 1 unspecified atom stereocenters. The standard InChI is InChI=1S/C16H25FN2O/c1-4-19-10-8-13(9-11-19)18(3)15-7-5-6-14(17)16(15)12(2)20/h5-7,12-13,20H,4,8-11H2,1-3H3. The van der Waals surface area contributed by atoms with Crippen LogP contribution in [0.1, 0.15) is 38.4 Å². The van der Waals surface area contributed by atoms with Crippen molar-refractivity contribution in [2.75, 3.05) is 31.6 Å². The fourth-order valence-corrected chi connectivity index (χ4v) is 3.07. The normalized spacial score (nSPS) is 19.1. The first-order valence-corrected chi connectivity index (χ1v) is 7.46. The lowest BCUT2D eigenvalue weighted by Gasteiger charge is -2.38. The van der Waals surface area contributed by atoms with Gasteiger partial charge in [-0.15, -0.1) is 0 Å². The van der Waals surface area contributed by atoms with E-state index in [2.05, 4.69) is 16.7 Å². The molecule has 0 spiro atoms. The van der Waals surface area contributed by atoms with Crippen molar-refractivity contribution < 1.29 is 9.50 Å². The van der Waals surface area contributed by atoms with Gasteiger partial charge in [0.2, 0.25) is 0 Å². The Hall–Kier alpha value is -1.13. The van der Waals surface area contributed by atoms with Gasteiger partial charge in [-0.2, -0.15) is 0 Å². The highest BCUT2D eigenvalue weighted by Crippen LogP contribution is 2.31. The first-order valence-electron chi connectivity index (χ1n) is 7.46. The molecule has 20 heavy (non-hydrogen) atoms. The second-order valence-electron chi connectivity index (χ2n) is 5.62. The largest absolute Gasteiger partial charge is 0.389 e. The Balaban J connectivity index is 2.17. The van der Waals surface area contributed by atoms with Gasteiger partial charge in [0.05, 0.1) is 6.10 Å². The van der Waals surface area contributed by atoms with Gasteiger partial charge in [-0.25, -0.2) is 4.39 Å². The highest BCUT2D eigenvalue weighted by Gasteiger charge is 2.25. The monoisotopic (exact) mass is 280 g/mol. The summed E-state index contributed by atoms with van der Waals surface area (Å²) in [6, 6.07) is 5.45. The fraction of sp³-hybridized carbons (Fsp3) is 0.625. The predicted molar refractivity (Wildman–Crippen MR) is 80.6 cm³/mol. The average Bonchev–Trinajstić information content (AvgIpc) is 2.46. The molecule has 1 heterocycles. The number of aliphatic hydroxyl groups is 1. The number of hydrogen-bond acceptors (Lipinski definition) is 3. The maximum atomic E-state index is 14.0. The van der Waals surface area contributed by atoms with Gasteiger partial charge in [-0.1, -0.05) is 13.0 Å². The minimum absolute atomic E-state index is 0.324.